The Morgan fingerprint density at radius 3 is 2.81 bits per heavy atom. The summed E-state index contributed by atoms with van der Waals surface area (Å²) in [6, 6.07) is 9.32. The molecule has 0 saturated carbocycles. The number of ether oxygens (including phenoxy) is 2. The third kappa shape index (κ3) is 6.43. The largest absolute Gasteiger partial charge is 0.496 e. The van der Waals surface area contributed by atoms with E-state index in [1.165, 1.54) is 0 Å². The van der Waals surface area contributed by atoms with Gasteiger partial charge in [0, 0.05) is 13.0 Å². The lowest BCUT2D eigenvalue weighted by molar-refractivity contribution is -0.148. The highest BCUT2D eigenvalue weighted by molar-refractivity contribution is 5.80. The summed E-state index contributed by atoms with van der Waals surface area (Å²) >= 11 is 0. The summed E-state index contributed by atoms with van der Waals surface area (Å²) in [5.41, 5.74) is 0.912. The molecular weight excluding hydrogens is 272 g/mol. The van der Waals surface area contributed by atoms with Gasteiger partial charge in [0.15, 0.2) is 6.61 Å². The molecule has 0 aliphatic heterocycles. The van der Waals surface area contributed by atoms with E-state index >= 15 is 0 Å². The fraction of sp³-hybridized carbons (Fsp3) is 0.400. The summed E-state index contributed by atoms with van der Waals surface area (Å²) in [7, 11) is 1.57. The van der Waals surface area contributed by atoms with Crippen LogP contribution < -0.4 is 10.1 Å². The molecule has 112 valence electrons. The van der Waals surface area contributed by atoms with Crippen molar-refractivity contribution in [2.45, 2.75) is 19.3 Å². The molecule has 0 fully saturated rings. The Kier molecular flexibility index (Phi) is 7.36. The van der Waals surface area contributed by atoms with E-state index in [9.17, 15) is 9.59 Å². The topological polar surface area (TPSA) is 88.4 Å². The van der Waals surface area contributed by atoms with Crippen molar-refractivity contribution in [3.63, 3.8) is 0 Å². The Bertz CT molecular complexity index is 523. The number of hydrogen-bond acceptors (Lipinski definition) is 5. The number of benzene rings is 1. The number of methoxy groups -OCH3 is 1. The normalized spacial score (nSPS) is 9.52. The Balaban J connectivity index is 2.28. The average Bonchev–Trinajstić information content (AvgIpc) is 2.51. The second-order valence-corrected chi connectivity index (χ2v) is 4.23. The molecule has 0 bridgehead atoms. The van der Waals surface area contributed by atoms with Crippen molar-refractivity contribution in [2.24, 2.45) is 0 Å². The van der Waals surface area contributed by atoms with E-state index < -0.39 is 11.9 Å². The van der Waals surface area contributed by atoms with E-state index in [0.29, 0.717) is 6.42 Å². The number of nitrogens with zero attached hydrogens (tertiary/aromatic N) is 1. The standard InChI is InChI=1S/C15H18N2O4/c1-20-13-6-3-2-5-12(13)7-8-15(19)21-11-14(18)17-10-4-9-16/h2-3,5-6H,4,7-8,10-11H2,1H3,(H,17,18). The molecule has 6 heteroatoms. The van der Waals surface area contributed by atoms with Gasteiger partial charge in [-0.15, -0.1) is 0 Å². The van der Waals surface area contributed by atoms with Gasteiger partial charge < -0.3 is 14.8 Å². The van der Waals surface area contributed by atoms with Crippen LogP contribution in [0.4, 0.5) is 0 Å². The lowest BCUT2D eigenvalue weighted by Gasteiger charge is -2.08. The summed E-state index contributed by atoms with van der Waals surface area (Å²) < 4.78 is 10.0. The van der Waals surface area contributed by atoms with Crippen molar-refractivity contribution < 1.29 is 19.1 Å². The third-order valence-electron chi connectivity index (χ3n) is 2.71. The maximum absolute atomic E-state index is 11.6. The van der Waals surface area contributed by atoms with Crippen molar-refractivity contribution in [3.8, 4) is 11.8 Å². The van der Waals surface area contributed by atoms with Gasteiger partial charge in [0.25, 0.3) is 5.91 Å². The van der Waals surface area contributed by atoms with Crippen LogP contribution in [0.15, 0.2) is 24.3 Å². The van der Waals surface area contributed by atoms with Gasteiger partial charge in [-0.1, -0.05) is 18.2 Å². The van der Waals surface area contributed by atoms with Gasteiger partial charge in [-0.05, 0) is 18.1 Å². The minimum Gasteiger partial charge on any atom is -0.496 e. The van der Waals surface area contributed by atoms with Crippen molar-refractivity contribution in [1.82, 2.24) is 5.32 Å². The zero-order valence-corrected chi connectivity index (χ0v) is 11.9. The van der Waals surface area contributed by atoms with Crippen LogP contribution in [0, 0.1) is 11.3 Å². The Hall–Kier alpha value is -2.55. The minimum atomic E-state index is -0.448. The summed E-state index contributed by atoms with van der Waals surface area (Å²) in [5, 5.41) is 10.8. The van der Waals surface area contributed by atoms with Crippen LogP contribution in [0.2, 0.25) is 0 Å². The van der Waals surface area contributed by atoms with Gasteiger partial charge in [-0.3, -0.25) is 9.59 Å². The van der Waals surface area contributed by atoms with Gasteiger partial charge in [0.1, 0.15) is 5.75 Å². The fourth-order valence-electron chi connectivity index (χ4n) is 1.67. The van der Waals surface area contributed by atoms with Crippen LogP contribution in [-0.2, 0) is 20.7 Å². The van der Waals surface area contributed by atoms with Crippen LogP contribution >= 0.6 is 0 Å². The SMILES string of the molecule is COc1ccccc1CCC(=O)OCC(=O)NCCC#N. The van der Waals surface area contributed by atoms with Crippen molar-refractivity contribution in [3.05, 3.63) is 29.8 Å². The number of nitrogens with one attached hydrogen (secondary N) is 1. The second kappa shape index (κ2) is 9.37. The first-order chi connectivity index (χ1) is 10.2. The number of hydrogen-bond donors (Lipinski definition) is 1. The number of nitriles is 1. The Morgan fingerprint density at radius 1 is 1.33 bits per heavy atom. The maximum Gasteiger partial charge on any atom is 0.306 e. The third-order valence-corrected chi connectivity index (χ3v) is 2.71. The number of esters is 1. The van der Waals surface area contributed by atoms with Crippen LogP contribution in [0.5, 0.6) is 5.75 Å². The van der Waals surface area contributed by atoms with Gasteiger partial charge in [-0.25, -0.2) is 0 Å². The number of aryl methyl sites for hydroxylation is 1. The van der Waals surface area contributed by atoms with Crippen molar-refractivity contribution in [1.29, 1.82) is 5.26 Å². The predicted molar refractivity (Wildman–Crippen MR) is 75.5 cm³/mol. The second-order valence-electron chi connectivity index (χ2n) is 4.23. The Labute approximate surface area is 123 Å². The summed E-state index contributed by atoms with van der Waals surface area (Å²) in [5.74, 6) is -0.133. The molecule has 1 aromatic carbocycles. The zero-order chi connectivity index (χ0) is 15.5. The van der Waals surface area contributed by atoms with E-state index in [-0.39, 0.29) is 26.0 Å². The molecule has 0 spiro atoms. The number of carbonyl (C=O) groups is 2. The smallest absolute Gasteiger partial charge is 0.306 e. The van der Waals surface area contributed by atoms with Gasteiger partial charge in [0.2, 0.25) is 0 Å². The molecule has 6 nitrogen and oxygen atoms in total. The van der Waals surface area contributed by atoms with Crippen LogP contribution in [0.3, 0.4) is 0 Å². The van der Waals surface area contributed by atoms with Crippen LogP contribution in [0.25, 0.3) is 0 Å². The molecule has 1 aromatic rings. The number of para-hydroxylation sites is 1. The molecule has 0 aliphatic carbocycles. The monoisotopic (exact) mass is 290 g/mol. The van der Waals surface area contributed by atoms with E-state index in [4.69, 9.17) is 14.7 Å². The van der Waals surface area contributed by atoms with E-state index in [0.717, 1.165) is 11.3 Å². The van der Waals surface area contributed by atoms with Gasteiger partial charge in [0.05, 0.1) is 19.6 Å². The molecule has 0 saturated heterocycles. The zero-order valence-electron chi connectivity index (χ0n) is 11.9. The molecule has 0 aliphatic rings. The molecule has 0 aromatic heterocycles. The first-order valence-electron chi connectivity index (χ1n) is 6.58. The molecule has 0 radical (unpaired) electrons. The quantitative estimate of drug-likeness (QED) is 0.574. The fourth-order valence-corrected chi connectivity index (χ4v) is 1.67. The van der Waals surface area contributed by atoms with Gasteiger partial charge >= 0.3 is 5.97 Å². The lowest BCUT2D eigenvalue weighted by atomic mass is 10.1. The van der Waals surface area contributed by atoms with E-state index in [1.807, 2.05) is 30.3 Å². The van der Waals surface area contributed by atoms with Gasteiger partial charge in [-0.2, -0.15) is 5.26 Å². The average molecular weight is 290 g/mol. The lowest BCUT2D eigenvalue weighted by Crippen LogP contribution is -2.29. The number of amides is 1. The highest BCUT2D eigenvalue weighted by atomic mass is 16.5. The summed E-state index contributed by atoms with van der Waals surface area (Å²) in [4.78, 5) is 22.8. The van der Waals surface area contributed by atoms with Crippen LogP contribution in [-0.4, -0.2) is 32.1 Å². The highest BCUT2D eigenvalue weighted by Gasteiger charge is 2.09. The van der Waals surface area contributed by atoms with Crippen molar-refractivity contribution >= 4 is 11.9 Å². The molecule has 0 atom stereocenters. The predicted octanol–water partition coefficient (Wildman–Crippen LogP) is 1.20. The summed E-state index contributed by atoms with van der Waals surface area (Å²) in [6.45, 7) is -0.0652. The maximum atomic E-state index is 11.6. The van der Waals surface area contributed by atoms with E-state index in [1.54, 1.807) is 7.11 Å². The molecule has 0 heterocycles. The van der Waals surface area contributed by atoms with Crippen molar-refractivity contribution in [2.75, 3.05) is 20.3 Å². The molecule has 1 N–H and O–H groups in total. The summed E-state index contributed by atoms with van der Waals surface area (Å²) in [6.07, 6.45) is 0.887. The Morgan fingerprint density at radius 2 is 2.10 bits per heavy atom. The first-order valence-corrected chi connectivity index (χ1v) is 6.58. The highest BCUT2D eigenvalue weighted by Crippen LogP contribution is 2.18. The molecule has 0 unspecified atom stereocenters. The van der Waals surface area contributed by atoms with Crippen LogP contribution in [0.1, 0.15) is 18.4 Å². The first kappa shape index (κ1) is 16.5. The molecule has 1 amide bonds. The minimum absolute atomic E-state index is 0.172. The molecule has 21 heavy (non-hydrogen) atoms. The number of rotatable bonds is 8. The number of carbonyl (C=O) groups excluding carboxylic acids is 2. The molecule has 1 rings (SSSR count). The van der Waals surface area contributed by atoms with E-state index in [2.05, 4.69) is 5.32 Å². The molecular formula is C15H18N2O4.